The lowest BCUT2D eigenvalue weighted by molar-refractivity contribution is 0.00541. The highest BCUT2D eigenvalue weighted by Gasteiger charge is 2.29. The summed E-state index contributed by atoms with van der Waals surface area (Å²) in [5, 5.41) is 10.9. The number of hydrogen-bond acceptors (Lipinski definition) is 5. The molecule has 0 radical (unpaired) electrons. The highest BCUT2D eigenvalue weighted by Crippen LogP contribution is 2.20. The van der Waals surface area contributed by atoms with E-state index >= 15 is 0 Å². The lowest BCUT2D eigenvalue weighted by Gasteiger charge is -2.34. The standard InChI is InChI=1S/C20H24BrClN2O4S/c21-17-5-7-19(8-6-17)29(26,27)24-11-9-23(10-12-24)13-18(25)15-28-14-16-3-1-2-4-20(16)22/h1-8,18,25H,9-15H2/t18-/m0/s1. The smallest absolute Gasteiger partial charge is 0.243 e. The van der Waals surface area contributed by atoms with E-state index in [9.17, 15) is 13.5 Å². The molecule has 3 rings (SSSR count). The molecular formula is C20H24BrClN2O4S. The van der Waals surface area contributed by atoms with E-state index in [1.807, 2.05) is 18.2 Å². The second kappa shape index (κ2) is 10.3. The number of hydrogen-bond donors (Lipinski definition) is 1. The summed E-state index contributed by atoms with van der Waals surface area (Å²) in [5.74, 6) is 0. The first kappa shape index (κ1) is 22.7. The van der Waals surface area contributed by atoms with Crippen LogP contribution < -0.4 is 0 Å². The van der Waals surface area contributed by atoms with Gasteiger partial charge in [0.05, 0.1) is 24.2 Å². The minimum atomic E-state index is -3.49. The van der Waals surface area contributed by atoms with Crippen LogP contribution in [0.15, 0.2) is 57.9 Å². The molecule has 1 saturated heterocycles. The van der Waals surface area contributed by atoms with Gasteiger partial charge in [-0.3, -0.25) is 4.90 Å². The average Bonchev–Trinajstić information content (AvgIpc) is 2.70. The Kier molecular flexibility index (Phi) is 8.09. The highest BCUT2D eigenvalue weighted by atomic mass is 79.9. The highest BCUT2D eigenvalue weighted by molar-refractivity contribution is 9.10. The molecule has 0 saturated carbocycles. The van der Waals surface area contributed by atoms with Crippen molar-refractivity contribution < 1.29 is 18.3 Å². The summed E-state index contributed by atoms with van der Waals surface area (Å²) < 4.78 is 33.4. The van der Waals surface area contributed by atoms with E-state index in [4.69, 9.17) is 16.3 Å². The maximum Gasteiger partial charge on any atom is 0.243 e. The number of sulfonamides is 1. The number of piperazine rings is 1. The fraction of sp³-hybridized carbons (Fsp3) is 0.400. The molecule has 1 aliphatic heterocycles. The van der Waals surface area contributed by atoms with Gasteiger partial charge in [0.1, 0.15) is 0 Å². The van der Waals surface area contributed by atoms with Crippen molar-refractivity contribution in [2.45, 2.75) is 17.6 Å². The Morgan fingerprint density at radius 2 is 1.72 bits per heavy atom. The summed E-state index contributed by atoms with van der Waals surface area (Å²) in [6.45, 7) is 2.90. The summed E-state index contributed by atoms with van der Waals surface area (Å²) >= 11 is 9.41. The van der Waals surface area contributed by atoms with Crippen molar-refractivity contribution in [1.82, 2.24) is 9.21 Å². The zero-order valence-electron chi connectivity index (χ0n) is 15.9. The molecule has 2 aromatic rings. The van der Waals surface area contributed by atoms with Gasteiger partial charge in [-0.15, -0.1) is 0 Å². The molecule has 158 valence electrons. The summed E-state index contributed by atoms with van der Waals surface area (Å²) in [4.78, 5) is 2.35. The van der Waals surface area contributed by atoms with Crippen molar-refractivity contribution in [3.05, 3.63) is 63.6 Å². The predicted molar refractivity (Wildman–Crippen MR) is 116 cm³/mol. The van der Waals surface area contributed by atoms with Gasteiger partial charge < -0.3 is 9.84 Å². The van der Waals surface area contributed by atoms with Crippen molar-refractivity contribution in [3.63, 3.8) is 0 Å². The minimum absolute atomic E-state index is 0.197. The molecular weight excluding hydrogens is 480 g/mol. The average molecular weight is 504 g/mol. The third-order valence-electron chi connectivity index (χ3n) is 4.78. The van der Waals surface area contributed by atoms with Gasteiger partial charge >= 0.3 is 0 Å². The van der Waals surface area contributed by atoms with Crippen molar-refractivity contribution in [2.24, 2.45) is 0 Å². The topological polar surface area (TPSA) is 70.1 Å². The molecule has 1 N–H and O–H groups in total. The molecule has 0 amide bonds. The van der Waals surface area contributed by atoms with Crippen molar-refractivity contribution in [2.75, 3.05) is 39.3 Å². The number of nitrogens with zero attached hydrogens (tertiary/aromatic N) is 2. The number of aliphatic hydroxyl groups is 1. The van der Waals surface area contributed by atoms with Crippen LogP contribution in [0.3, 0.4) is 0 Å². The van der Waals surface area contributed by atoms with Gasteiger partial charge in [-0.1, -0.05) is 45.7 Å². The molecule has 0 bridgehead atoms. The third kappa shape index (κ3) is 6.24. The first-order valence-electron chi connectivity index (χ1n) is 9.33. The van der Waals surface area contributed by atoms with Crippen LogP contribution in [0.2, 0.25) is 5.02 Å². The molecule has 1 aliphatic rings. The first-order valence-corrected chi connectivity index (χ1v) is 11.9. The normalized spacial score (nSPS) is 17.3. The Balaban J connectivity index is 1.43. The van der Waals surface area contributed by atoms with Crippen LogP contribution >= 0.6 is 27.5 Å². The maximum absolute atomic E-state index is 12.7. The van der Waals surface area contributed by atoms with Crippen LogP contribution in [-0.2, 0) is 21.4 Å². The van der Waals surface area contributed by atoms with Crippen molar-refractivity contribution in [3.8, 4) is 0 Å². The van der Waals surface area contributed by atoms with Gasteiger partial charge in [0.15, 0.2) is 0 Å². The summed E-state index contributed by atoms with van der Waals surface area (Å²) in [5.41, 5.74) is 0.883. The van der Waals surface area contributed by atoms with Gasteiger partial charge in [0.25, 0.3) is 0 Å². The lowest BCUT2D eigenvalue weighted by atomic mass is 10.2. The van der Waals surface area contributed by atoms with Crippen LogP contribution in [0, 0.1) is 0 Å². The largest absolute Gasteiger partial charge is 0.389 e. The Bertz CT molecular complexity index is 903. The monoisotopic (exact) mass is 502 g/mol. The maximum atomic E-state index is 12.7. The zero-order valence-corrected chi connectivity index (χ0v) is 19.0. The second-order valence-corrected chi connectivity index (χ2v) is 10.2. The molecule has 0 spiro atoms. The van der Waals surface area contributed by atoms with Gasteiger partial charge in [0, 0.05) is 42.2 Å². The summed E-state index contributed by atoms with van der Waals surface area (Å²) in [6, 6.07) is 14.1. The van der Waals surface area contributed by atoms with Crippen molar-refractivity contribution in [1.29, 1.82) is 0 Å². The molecule has 9 heteroatoms. The predicted octanol–water partition coefficient (Wildman–Crippen LogP) is 2.99. The van der Waals surface area contributed by atoms with E-state index in [1.165, 1.54) is 4.31 Å². The van der Waals surface area contributed by atoms with Gasteiger partial charge in [-0.2, -0.15) is 4.31 Å². The van der Waals surface area contributed by atoms with Crippen molar-refractivity contribution >= 4 is 37.6 Å². The van der Waals surface area contributed by atoms with Crippen LogP contribution in [0.4, 0.5) is 0 Å². The van der Waals surface area contributed by atoms with E-state index in [2.05, 4.69) is 20.8 Å². The Morgan fingerprint density at radius 3 is 2.38 bits per heavy atom. The number of aliphatic hydroxyl groups excluding tert-OH is 1. The number of ether oxygens (including phenoxy) is 1. The lowest BCUT2D eigenvalue weighted by Crippen LogP contribution is -2.50. The SMILES string of the molecule is O=S(=O)(c1ccc(Br)cc1)N1CCN(C[C@H](O)COCc2ccccc2Cl)CC1. The fourth-order valence-corrected chi connectivity index (χ4v) is 5.06. The molecule has 2 aromatic carbocycles. The molecule has 0 aromatic heterocycles. The molecule has 0 unspecified atom stereocenters. The van der Waals surface area contributed by atoms with E-state index < -0.39 is 16.1 Å². The van der Waals surface area contributed by atoms with E-state index in [-0.39, 0.29) is 6.61 Å². The number of rotatable bonds is 8. The van der Waals surface area contributed by atoms with Gasteiger partial charge in [0.2, 0.25) is 10.0 Å². The van der Waals surface area contributed by atoms with Crippen LogP contribution in [0.25, 0.3) is 0 Å². The molecule has 29 heavy (non-hydrogen) atoms. The summed E-state index contributed by atoms with van der Waals surface area (Å²) in [7, 11) is -3.49. The van der Waals surface area contributed by atoms with Gasteiger partial charge in [-0.05, 0) is 35.9 Å². The Hall–Kier alpha value is -1.00. The Morgan fingerprint density at radius 1 is 1.07 bits per heavy atom. The molecule has 6 nitrogen and oxygen atoms in total. The third-order valence-corrected chi connectivity index (χ3v) is 7.59. The molecule has 0 aliphatic carbocycles. The van der Waals surface area contributed by atoms with Gasteiger partial charge in [-0.25, -0.2) is 8.42 Å². The summed E-state index contributed by atoms with van der Waals surface area (Å²) in [6.07, 6.45) is -0.646. The number of benzene rings is 2. The van der Waals surface area contributed by atoms with E-state index in [0.29, 0.717) is 49.2 Å². The van der Waals surface area contributed by atoms with E-state index in [1.54, 1.807) is 30.3 Å². The molecule has 1 atom stereocenters. The first-order chi connectivity index (χ1) is 13.9. The van der Waals surface area contributed by atoms with Crippen LogP contribution in [0.1, 0.15) is 5.56 Å². The fourth-order valence-electron chi connectivity index (χ4n) is 3.18. The number of halogens is 2. The quantitative estimate of drug-likeness (QED) is 0.600. The zero-order chi connectivity index (χ0) is 20.9. The Labute approximate surface area is 185 Å². The molecule has 1 heterocycles. The number of β-amino-alcohol motifs (C(OH)–C–C–N with tert-alkyl or cyclic N) is 1. The molecule has 1 fully saturated rings. The van der Waals surface area contributed by atoms with Crippen LogP contribution in [-0.4, -0.2) is 68.2 Å². The van der Waals surface area contributed by atoms with E-state index in [0.717, 1.165) is 10.0 Å². The van der Waals surface area contributed by atoms with Crippen LogP contribution in [0.5, 0.6) is 0 Å². The second-order valence-electron chi connectivity index (χ2n) is 6.92. The minimum Gasteiger partial charge on any atom is -0.389 e.